The number of anilines is 2. The van der Waals surface area contributed by atoms with Gasteiger partial charge in [-0.05, 0) is 24.3 Å². The fourth-order valence-electron chi connectivity index (χ4n) is 1.63. The molecule has 2 aromatic rings. The average molecular weight is 310 g/mol. The highest BCUT2D eigenvalue weighted by Crippen LogP contribution is 2.27. The van der Waals surface area contributed by atoms with Gasteiger partial charge in [0.15, 0.2) is 0 Å². The molecule has 6 nitrogen and oxygen atoms in total. The maximum absolute atomic E-state index is 13.6. The molecule has 0 radical (unpaired) electrons. The molecule has 108 valence electrons. The van der Waals surface area contributed by atoms with Gasteiger partial charge < -0.3 is 11.1 Å². The fourth-order valence-corrected chi connectivity index (χ4v) is 1.79. The van der Waals surface area contributed by atoms with E-state index in [1.807, 2.05) is 0 Å². The minimum absolute atomic E-state index is 0.0205. The Labute approximate surface area is 123 Å². The Morgan fingerprint density at radius 1 is 1.29 bits per heavy atom. The van der Waals surface area contributed by atoms with Crippen molar-refractivity contribution in [3.8, 4) is 0 Å². The van der Waals surface area contributed by atoms with Crippen LogP contribution < -0.4 is 11.1 Å². The van der Waals surface area contributed by atoms with E-state index in [1.165, 1.54) is 24.3 Å². The van der Waals surface area contributed by atoms with Gasteiger partial charge in [0.2, 0.25) is 0 Å². The van der Waals surface area contributed by atoms with Crippen LogP contribution in [0.25, 0.3) is 0 Å². The van der Waals surface area contributed by atoms with Crippen molar-refractivity contribution < 1.29 is 14.1 Å². The Hall–Kier alpha value is -2.67. The minimum Gasteiger partial charge on any atom is -0.399 e. The molecule has 0 saturated heterocycles. The Balaban J connectivity index is 2.31. The average Bonchev–Trinajstić information content (AvgIpc) is 2.40. The number of hydrogen-bond acceptors (Lipinski definition) is 4. The molecule has 8 heteroatoms. The van der Waals surface area contributed by atoms with Crippen molar-refractivity contribution in [3.63, 3.8) is 0 Å². The molecule has 0 bridgehead atoms. The molecule has 0 saturated carbocycles. The molecule has 2 rings (SSSR count). The molecule has 0 atom stereocenters. The zero-order valence-electron chi connectivity index (χ0n) is 10.5. The van der Waals surface area contributed by atoms with Crippen LogP contribution >= 0.6 is 11.6 Å². The van der Waals surface area contributed by atoms with Gasteiger partial charge >= 0.3 is 0 Å². The normalized spacial score (nSPS) is 10.2. The molecule has 0 aromatic heterocycles. The standard InChI is InChI=1S/C13H9ClFN3O3/c14-10-4-2-8(18(20)21)6-12(10)17-13(19)9-3-1-7(16)5-11(9)15/h1-6H,16H2,(H,17,19). The maximum atomic E-state index is 13.6. The van der Waals surface area contributed by atoms with E-state index in [0.717, 1.165) is 12.1 Å². The highest BCUT2D eigenvalue weighted by molar-refractivity contribution is 6.34. The third-order valence-corrected chi connectivity index (χ3v) is 2.98. The molecular weight excluding hydrogens is 301 g/mol. The van der Waals surface area contributed by atoms with Crippen LogP contribution in [0.2, 0.25) is 5.02 Å². The monoisotopic (exact) mass is 309 g/mol. The third kappa shape index (κ3) is 3.26. The van der Waals surface area contributed by atoms with Crippen molar-refractivity contribution >= 4 is 34.6 Å². The van der Waals surface area contributed by atoms with Crippen molar-refractivity contribution in [3.05, 3.63) is 62.9 Å². The largest absolute Gasteiger partial charge is 0.399 e. The highest BCUT2D eigenvalue weighted by atomic mass is 35.5. The van der Waals surface area contributed by atoms with Gasteiger partial charge in [-0.1, -0.05) is 11.6 Å². The molecule has 3 N–H and O–H groups in total. The van der Waals surface area contributed by atoms with Gasteiger partial charge in [-0.3, -0.25) is 14.9 Å². The molecule has 0 aliphatic rings. The predicted molar refractivity (Wildman–Crippen MR) is 76.9 cm³/mol. The number of carbonyl (C=O) groups is 1. The van der Waals surface area contributed by atoms with Gasteiger partial charge in [0.1, 0.15) is 5.82 Å². The van der Waals surface area contributed by atoms with E-state index < -0.39 is 16.6 Å². The number of halogens is 2. The summed E-state index contributed by atoms with van der Waals surface area (Å²) in [5, 5.41) is 13.1. The summed E-state index contributed by atoms with van der Waals surface area (Å²) in [5.74, 6) is -1.58. The lowest BCUT2D eigenvalue weighted by molar-refractivity contribution is -0.384. The first-order chi connectivity index (χ1) is 9.88. The van der Waals surface area contributed by atoms with E-state index in [0.29, 0.717) is 0 Å². The van der Waals surface area contributed by atoms with E-state index in [2.05, 4.69) is 5.32 Å². The number of nitrogens with one attached hydrogen (secondary N) is 1. The Morgan fingerprint density at radius 3 is 2.62 bits per heavy atom. The number of non-ortho nitro benzene ring substituents is 1. The summed E-state index contributed by atoms with van der Waals surface area (Å²) in [6.45, 7) is 0. The summed E-state index contributed by atoms with van der Waals surface area (Å²) in [5.41, 5.74) is 5.10. The zero-order chi connectivity index (χ0) is 15.6. The van der Waals surface area contributed by atoms with Gasteiger partial charge in [-0.2, -0.15) is 0 Å². The summed E-state index contributed by atoms with van der Waals surface area (Å²) < 4.78 is 13.6. The first-order valence-electron chi connectivity index (χ1n) is 5.69. The van der Waals surface area contributed by atoms with Crippen LogP contribution in [-0.4, -0.2) is 10.8 Å². The highest BCUT2D eigenvalue weighted by Gasteiger charge is 2.16. The SMILES string of the molecule is Nc1ccc(C(=O)Nc2cc([N+](=O)[O-])ccc2Cl)c(F)c1. The number of carbonyl (C=O) groups excluding carboxylic acids is 1. The lowest BCUT2D eigenvalue weighted by atomic mass is 10.1. The second kappa shape index (κ2) is 5.76. The minimum atomic E-state index is -0.797. The molecule has 2 aromatic carbocycles. The van der Waals surface area contributed by atoms with Crippen LogP contribution in [0.4, 0.5) is 21.5 Å². The van der Waals surface area contributed by atoms with Crippen LogP contribution in [0.5, 0.6) is 0 Å². The fraction of sp³-hybridized carbons (Fsp3) is 0. The summed E-state index contributed by atoms with van der Waals surface area (Å²) in [6.07, 6.45) is 0. The first kappa shape index (κ1) is 14.7. The number of nitrogen functional groups attached to an aromatic ring is 1. The van der Waals surface area contributed by atoms with Crippen molar-refractivity contribution in [2.24, 2.45) is 0 Å². The van der Waals surface area contributed by atoms with Crippen LogP contribution in [0.1, 0.15) is 10.4 Å². The molecule has 0 unspecified atom stereocenters. The molecule has 0 fully saturated rings. The predicted octanol–water partition coefficient (Wildman–Crippen LogP) is 3.22. The molecule has 0 aliphatic heterocycles. The van der Waals surface area contributed by atoms with E-state index in [-0.39, 0.29) is 27.6 Å². The first-order valence-corrected chi connectivity index (χ1v) is 6.06. The molecule has 1 amide bonds. The number of nitro groups is 1. The van der Waals surface area contributed by atoms with Crippen molar-refractivity contribution in [2.45, 2.75) is 0 Å². The summed E-state index contributed by atoms with van der Waals surface area (Å²) in [7, 11) is 0. The van der Waals surface area contributed by atoms with Crippen molar-refractivity contribution in [2.75, 3.05) is 11.1 Å². The van der Waals surface area contributed by atoms with Crippen LogP contribution in [-0.2, 0) is 0 Å². The van der Waals surface area contributed by atoms with Crippen molar-refractivity contribution in [1.29, 1.82) is 0 Å². The lowest BCUT2D eigenvalue weighted by Gasteiger charge is -2.08. The van der Waals surface area contributed by atoms with Gasteiger partial charge in [-0.25, -0.2) is 4.39 Å². The van der Waals surface area contributed by atoms with Gasteiger partial charge in [0.05, 0.1) is 21.2 Å². The molecule has 0 heterocycles. The summed E-state index contributed by atoms with van der Waals surface area (Å²) in [6, 6.07) is 7.15. The Morgan fingerprint density at radius 2 is 2.00 bits per heavy atom. The number of amides is 1. The van der Waals surface area contributed by atoms with Gasteiger partial charge in [-0.15, -0.1) is 0 Å². The smallest absolute Gasteiger partial charge is 0.271 e. The van der Waals surface area contributed by atoms with Crippen LogP contribution in [0.15, 0.2) is 36.4 Å². The number of benzene rings is 2. The molecule has 0 spiro atoms. The number of hydrogen-bond donors (Lipinski definition) is 2. The number of rotatable bonds is 3. The summed E-state index contributed by atoms with van der Waals surface area (Å²) >= 11 is 5.85. The Bertz CT molecular complexity index is 737. The zero-order valence-corrected chi connectivity index (χ0v) is 11.2. The topological polar surface area (TPSA) is 98.3 Å². The van der Waals surface area contributed by atoms with E-state index in [9.17, 15) is 19.3 Å². The van der Waals surface area contributed by atoms with E-state index in [1.54, 1.807) is 0 Å². The Kier molecular flexibility index (Phi) is 4.04. The van der Waals surface area contributed by atoms with E-state index >= 15 is 0 Å². The number of nitro benzene ring substituents is 1. The third-order valence-electron chi connectivity index (χ3n) is 2.65. The van der Waals surface area contributed by atoms with Crippen molar-refractivity contribution in [1.82, 2.24) is 0 Å². The molecular formula is C13H9ClFN3O3. The van der Waals surface area contributed by atoms with Gasteiger partial charge in [0.25, 0.3) is 11.6 Å². The number of nitrogens with zero attached hydrogens (tertiary/aromatic N) is 1. The maximum Gasteiger partial charge on any atom is 0.271 e. The number of nitrogens with two attached hydrogens (primary N) is 1. The quantitative estimate of drug-likeness (QED) is 0.516. The van der Waals surface area contributed by atoms with E-state index in [4.69, 9.17) is 17.3 Å². The molecule has 0 aliphatic carbocycles. The lowest BCUT2D eigenvalue weighted by Crippen LogP contribution is -2.14. The molecule has 21 heavy (non-hydrogen) atoms. The second-order valence-corrected chi connectivity index (χ2v) is 4.52. The summed E-state index contributed by atoms with van der Waals surface area (Å²) in [4.78, 5) is 22.0. The second-order valence-electron chi connectivity index (χ2n) is 4.11. The van der Waals surface area contributed by atoms with Crippen LogP contribution in [0, 0.1) is 15.9 Å². The van der Waals surface area contributed by atoms with Gasteiger partial charge in [0, 0.05) is 17.8 Å². The van der Waals surface area contributed by atoms with Crippen LogP contribution in [0.3, 0.4) is 0 Å².